The predicted molar refractivity (Wildman–Crippen MR) is 122 cm³/mol. The Kier molecular flexibility index (Phi) is 7.65. The summed E-state index contributed by atoms with van der Waals surface area (Å²) in [6.45, 7) is 6.13. The van der Waals surface area contributed by atoms with Gasteiger partial charge in [0.25, 0.3) is 5.91 Å². The first kappa shape index (κ1) is 23.1. The minimum Gasteiger partial charge on any atom is -0.489 e. The normalized spacial score (nSPS) is 11.6. The number of esters is 1. The number of amides is 1. The van der Waals surface area contributed by atoms with Crippen LogP contribution >= 0.6 is 0 Å². The van der Waals surface area contributed by atoms with E-state index in [4.69, 9.17) is 9.47 Å². The van der Waals surface area contributed by atoms with Gasteiger partial charge in [0.05, 0.1) is 18.7 Å². The van der Waals surface area contributed by atoms with Crippen LogP contribution in [0.15, 0.2) is 48.8 Å². The Morgan fingerprint density at radius 1 is 1.19 bits per heavy atom. The van der Waals surface area contributed by atoms with Crippen LogP contribution in [-0.4, -0.2) is 29.0 Å². The summed E-state index contributed by atoms with van der Waals surface area (Å²) in [6.07, 6.45) is 4.91. The second-order valence-corrected chi connectivity index (χ2v) is 7.63. The molecule has 2 heterocycles. The number of nitrogens with one attached hydrogen (secondary N) is 2. The van der Waals surface area contributed by atoms with Crippen molar-refractivity contribution >= 4 is 11.9 Å². The van der Waals surface area contributed by atoms with E-state index in [1.165, 1.54) is 7.11 Å². The summed E-state index contributed by atoms with van der Waals surface area (Å²) in [5, 5.41) is 3.01. The number of H-pyrrole nitrogens is 1. The monoisotopic (exact) mass is 435 g/mol. The van der Waals surface area contributed by atoms with E-state index >= 15 is 0 Å². The number of aromatic amines is 1. The lowest BCUT2D eigenvalue weighted by Crippen LogP contribution is -2.28. The number of methoxy groups -OCH3 is 1. The van der Waals surface area contributed by atoms with E-state index in [0.717, 1.165) is 23.3 Å². The number of nitrogens with zero attached hydrogens (tertiary/aromatic N) is 1. The van der Waals surface area contributed by atoms with E-state index in [-0.39, 0.29) is 11.9 Å². The highest BCUT2D eigenvalue weighted by molar-refractivity contribution is 6.00. The van der Waals surface area contributed by atoms with Crippen LogP contribution < -0.4 is 10.1 Å². The molecule has 0 saturated heterocycles. The number of pyridine rings is 1. The van der Waals surface area contributed by atoms with Crippen LogP contribution in [0.3, 0.4) is 0 Å². The summed E-state index contributed by atoms with van der Waals surface area (Å²) in [5.74, 6) is 0.0522. The van der Waals surface area contributed by atoms with Gasteiger partial charge in [-0.05, 0) is 49.6 Å². The summed E-state index contributed by atoms with van der Waals surface area (Å²) in [7, 11) is 1.34. The van der Waals surface area contributed by atoms with Crippen molar-refractivity contribution in [2.45, 2.75) is 46.3 Å². The topological polar surface area (TPSA) is 93.3 Å². The molecule has 0 saturated carbocycles. The van der Waals surface area contributed by atoms with Gasteiger partial charge in [-0.2, -0.15) is 0 Å². The summed E-state index contributed by atoms with van der Waals surface area (Å²) < 4.78 is 10.7. The minimum atomic E-state index is -0.434. The highest BCUT2D eigenvalue weighted by Crippen LogP contribution is 2.23. The molecule has 1 atom stereocenters. The highest BCUT2D eigenvalue weighted by Gasteiger charge is 2.25. The van der Waals surface area contributed by atoms with Gasteiger partial charge in [0.15, 0.2) is 0 Å². The molecule has 0 fully saturated rings. The molecule has 1 aromatic carbocycles. The van der Waals surface area contributed by atoms with Crippen molar-refractivity contribution in [2.24, 2.45) is 0 Å². The summed E-state index contributed by atoms with van der Waals surface area (Å²) in [4.78, 5) is 32.3. The Bertz CT molecular complexity index is 1060. The molecule has 7 nitrogen and oxygen atoms in total. The zero-order valence-corrected chi connectivity index (χ0v) is 18.9. The third-order valence-electron chi connectivity index (χ3n) is 5.26. The number of carbonyl (C=O) groups is 2. The van der Waals surface area contributed by atoms with E-state index in [1.807, 2.05) is 50.2 Å². The van der Waals surface area contributed by atoms with Crippen LogP contribution in [-0.2, 0) is 17.8 Å². The van der Waals surface area contributed by atoms with Gasteiger partial charge in [-0.15, -0.1) is 0 Å². The van der Waals surface area contributed by atoms with Crippen molar-refractivity contribution in [3.05, 3.63) is 82.4 Å². The maximum absolute atomic E-state index is 13.0. The fraction of sp³-hybridized carbons (Fsp3) is 0.320. The third kappa shape index (κ3) is 5.35. The number of aryl methyl sites for hydroxylation is 1. The Balaban J connectivity index is 1.68. The lowest BCUT2D eigenvalue weighted by molar-refractivity contribution is 0.0599. The maximum atomic E-state index is 13.0. The average molecular weight is 436 g/mol. The molecule has 3 rings (SSSR count). The molecule has 1 unspecified atom stereocenters. The largest absolute Gasteiger partial charge is 0.489 e. The molecule has 2 aromatic heterocycles. The number of ether oxygens (including phenoxy) is 2. The van der Waals surface area contributed by atoms with Gasteiger partial charge in [-0.25, -0.2) is 4.79 Å². The van der Waals surface area contributed by atoms with Gasteiger partial charge in [0.2, 0.25) is 0 Å². The Morgan fingerprint density at radius 2 is 1.94 bits per heavy atom. The molecule has 0 aliphatic heterocycles. The molecule has 0 bridgehead atoms. The zero-order valence-electron chi connectivity index (χ0n) is 18.9. The molecule has 1 amide bonds. The molecule has 0 aliphatic rings. The smallest absolute Gasteiger partial charge is 0.339 e. The van der Waals surface area contributed by atoms with Crippen LogP contribution in [0.5, 0.6) is 5.75 Å². The van der Waals surface area contributed by atoms with E-state index < -0.39 is 5.97 Å². The maximum Gasteiger partial charge on any atom is 0.339 e. The fourth-order valence-electron chi connectivity index (χ4n) is 3.60. The van der Waals surface area contributed by atoms with Gasteiger partial charge in [0.1, 0.15) is 18.1 Å². The summed E-state index contributed by atoms with van der Waals surface area (Å²) in [6, 6.07) is 11.2. The summed E-state index contributed by atoms with van der Waals surface area (Å²) in [5.41, 5.74) is 4.12. The lowest BCUT2D eigenvalue weighted by Gasteiger charge is -2.15. The molecule has 7 heteroatoms. The molecule has 0 spiro atoms. The van der Waals surface area contributed by atoms with Gasteiger partial charge in [-0.3, -0.25) is 9.78 Å². The zero-order chi connectivity index (χ0) is 23.1. The second kappa shape index (κ2) is 10.6. The Labute approximate surface area is 188 Å². The minimum absolute atomic E-state index is 0.227. The SMILES string of the molecule is CCCc1c(C(=O)NC(C)c2ccc(OCc3cccnc3)cc2)[nH]c(C)c1C(=O)OC. The standard InChI is InChI=1S/C25H29N3O4/c1-5-7-21-22(25(30)31-4)17(3)27-23(21)24(29)28-16(2)19-9-11-20(12-10-19)32-15-18-8-6-13-26-14-18/h6,8-14,16,27H,5,7,15H2,1-4H3,(H,28,29). The molecular formula is C25H29N3O4. The van der Waals surface area contributed by atoms with Crippen molar-refractivity contribution in [3.63, 3.8) is 0 Å². The van der Waals surface area contributed by atoms with Crippen molar-refractivity contribution < 1.29 is 19.1 Å². The molecule has 168 valence electrons. The number of benzene rings is 1. The molecule has 32 heavy (non-hydrogen) atoms. The number of rotatable bonds is 9. The van der Waals surface area contributed by atoms with Crippen molar-refractivity contribution in [1.29, 1.82) is 0 Å². The van der Waals surface area contributed by atoms with E-state index in [0.29, 0.717) is 35.5 Å². The van der Waals surface area contributed by atoms with Crippen LogP contribution in [0.25, 0.3) is 0 Å². The molecule has 2 N–H and O–H groups in total. The Hall–Kier alpha value is -3.61. The first-order valence-electron chi connectivity index (χ1n) is 10.7. The van der Waals surface area contributed by atoms with Gasteiger partial charge >= 0.3 is 5.97 Å². The number of carbonyl (C=O) groups excluding carboxylic acids is 2. The predicted octanol–water partition coefficient (Wildman–Crippen LogP) is 4.53. The molecule has 3 aromatic rings. The van der Waals surface area contributed by atoms with Crippen molar-refractivity contribution in [3.8, 4) is 5.75 Å². The first-order valence-corrected chi connectivity index (χ1v) is 10.7. The first-order chi connectivity index (χ1) is 15.4. The quantitative estimate of drug-likeness (QED) is 0.482. The fourth-order valence-corrected chi connectivity index (χ4v) is 3.60. The molecule has 0 radical (unpaired) electrons. The van der Waals surface area contributed by atoms with Crippen LogP contribution in [0.1, 0.15) is 69.5 Å². The summed E-state index contributed by atoms with van der Waals surface area (Å²) >= 11 is 0. The van der Waals surface area contributed by atoms with Crippen molar-refractivity contribution in [1.82, 2.24) is 15.3 Å². The third-order valence-corrected chi connectivity index (χ3v) is 5.26. The van der Waals surface area contributed by atoms with Crippen LogP contribution in [0, 0.1) is 6.92 Å². The molecular weight excluding hydrogens is 406 g/mol. The van der Waals surface area contributed by atoms with Crippen molar-refractivity contribution in [2.75, 3.05) is 7.11 Å². The van der Waals surface area contributed by atoms with Gasteiger partial charge in [0, 0.05) is 23.7 Å². The van der Waals surface area contributed by atoms with Crippen LogP contribution in [0.4, 0.5) is 0 Å². The van der Waals surface area contributed by atoms with Gasteiger partial charge < -0.3 is 19.8 Å². The number of aromatic nitrogens is 2. The Morgan fingerprint density at radius 3 is 2.56 bits per heavy atom. The second-order valence-electron chi connectivity index (χ2n) is 7.63. The van der Waals surface area contributed by atoms with E-state index in [2.05, 4.69) is 15.3 Å². The van der Waals surface area contributed by atoms with Gasteiger partial charge in [-0.1, -0.05) is 31.5 Å². The van der Waals surface area contributed by atoms with E-state index in [9.17, 15) is 9.59 Å². The van der Waals surface area contributed by atoms with E-state index in [1.54, 1.807) is 19.3 Å². The lowest BCUT2D eigenvalue weighted by atomic mass is 10.0. The number of hydrogen-bond acceptors (Lipinski definition) is 5. The van der Waals surface area contributed by atoms with Crippen LogP contribution in [0.2, 0.25) is 0 Å². The average Bonchev–Trinajstić information content (AvgIpc) is 3.14. The highest BCUT2D eigenvalue weighted by atomic mass is 16.5. The number of hydrogen-bond donors (Lipinski definition) is 2. The molecule has 0 aliphatic carbocycles.